The third kappa shape index (κ3) is 2.25. The lowest BCUT2D eigenvalue weighted by Gasteiger charge is -2.28. The molecule has 1 fully saturated rings. The zero-order chi connectivity index (χ0) is 14.1. The second kappa shape index (κ2) is 4.97. The molecule has 0 saturated carbocycles. The van der Waals surface area contributed by atoms with Crippen molar-refractivity contribution in [2.24, 2.45) is 5.92 Å². The fourth-order valence-corrected chi connectivity index (χ4v) is 2.56. The quantitative estimate of drug-likeness (QED) is 0.795. The van der Waals surface area contributed by atoms with Gasteiger partial charge >= 0.3 is 0 Å². The first-order chi connectivity index (χ1) is 9.67. The molecule has 1 aliphatic heterocycles. The van der Waals surface area contributed by atoms with Crippen LogP contribution in [0, 0.1) is 24.2 Å². The summed E-state index contributed by atoms with van der Waals surface area (Å²) >= 11 is 0. The summed E-state index contributed by atoms with van der Waals surface area (Å²) in [6, 6.07) is 6.22. The number of fused-ring (bicyclic) bond motifs is 1. The number of likely N-dealkylation sites (tertiary alicyclic amines) is 1. The van der Waals surface area contributed by atoms with Crippen molar-refractivity contribution in [3.8, 4) is 6.07 Å². The van der Waals surface area contributed by atoms with Gasteiger partial charge in [-0.15, -0.1) is 0 Å². The van der Waals surface area contributed by atoms with Crippen LogP contribution in [0.25, 0.3) is 5.65 Å². The molecule has 0 radical (unpaired) electrons. The number of aryl methyl sites for hydroxylation is 1. The third-order valence-electron chi connectivity index (χ3n) is 3.80. The van der Waals surface area contributed by atoms with E-state index in [1.165, 1.54) is 0 Å². The average Bonchev–Trinajstić information content (AvgIpc) is 2.89. The number of pyridine rings is 1. The molecule has 5 heteroatoms. The van der Waals surface area contributed by atoms with E-state index in [1.807, 2.05) is 29.7 Å². The average molecular weight is 268 g/mol. The van der Waals surface area contributed by atoms with Gasteiger partial charge in [0.25, 0.3) is 5.91 Å². The zero-order valence-corrected chi connectivity index (χ0v) is 11.4. The Kier molecular flexibility index (Phi) is 3.15. The highest BCUT2D eigenvalue weighted by molar-refractivity contribution is 5.93. The molecule has 20 heavy (non-hydrogen) atoms. The highest BCUT2D eigenvalue weighted by Crippen LogP contribution is 2.18. The number of nitrogens with zero attached hydrogens (tertiary/aromatic N) is 4. The minimum absolute atomic E-state index is 0.0391. The first-order valence-corrected chi connectivity index (χ1v) is 6.81. The Morgan fingerprint density at radius 1 is 1.45 bits per heavy atom. The molecule has 1 saturated heterocycles. The van der Waals surface area contributed by atoms with Crippen LogP contribution in [0.15, 0.2) is 24.5 Å². The molecular formula is C15H16N4O. The van der Waals surface area contributed by atoms with E-state index in [0.29, 0.717) is 18.8 Å². The summed E-state index contributed by atoms with van der Waals surface area (Å²) in [5.74, 6) is 0.0468. The number of hydrogen-bond donors (Lipinski definition) is 0. The van der Waals surface area contributed by atoms with Gasteiger partial charge in [0.2, 0.25) is 0 Å². The summed E-state index contributed by atoms with van der Waals surface area (Å²) in [5, 5.41) is 8.89. The lowest BCUT2D eigenvalue weighted by Crippen LogP contribution is -2.38. The lowest BCUT2D eigenvalue weighted by atomic mass is 9.98. The maximum Gasteiger partial charge on any atom is 0.274 e. The SMILES string of the molecule is Cc1ccn2cc(C(=O)N3CCC(C#N)CC3)nc2c1. The Labute approximate surface area is 117 Å². The van der Waals surface area contributed by atoms with Gasteiger partial charge in [-0.2, -0.15) is 5.26 Å². The summed E-state index contributed by atoms with van der Waals surface area (Å²) in [6.07, 6.45) is 5.20. The van der Waals surface area contributed by atoms with Crippen molar-refractivity contribution in [2.45, 2.75) is 19.8 Å². The van der Waals surface area contributed by atoms with Crippen LogP contribution in [0.5, 0.6) is 0 Å². The predicted molar refractivity (Wildman–Crippen MR) is 74.2 cm³/mol. The van der Waals surface area contributed by atoms with Crippen LogP contribution in [0.2, 0.25) is 0 Å². The van der Waals surface area contributed by atoms with Crippen molar-refractivity contribution in [1.82, 2.24) is 14.3 Å². The number of carbonyl (C=O) groups is 1. The molecule has 0 aliphatic carbocycles. The highest BCUT2D eigenvalue weighted by Gasteiger charge is 2.24. The maximum atomic E-state index is 12.4. The second-order valence-corrected chi connectivity index (χ2v) is 5.29. The minimum Gasteiger partial charge on any atom is -0.337 e. The number of hydrogen-bond acceptors (Lipinski definition) is 3. The van der Waals surface area contributed by atoms with Crippen molar-refractivity contribution in [2.75, 3.05) is 13.1 Å². The minimum atomic E-state index is -0.0391. The number of rotatable bonds is 1. The van der Waals surface area contributed by atoms with E-state index in [4.69, 9.17) is 5.26 Å². The fourth-order valence-electron chi connectivity index (χ4n) is 2.56. The fraction of sp³-hybridized carbons (Fsp3) is 0.400. The van der Waals surface area contributed by atoms with E-state index >= 15 is 0 Å². The van der Waals surface area contributed by atoms with Crippen molar-refractivity contribution < 1.29 is 4.79 Å². The van der Waals surface area contributed by atoms with E-state index in [-0.39, 0.29) is 11.8 Å². The Morgan fingerprint density at radius 2 is 2.20 bits per heavy atom. The maximum absolute atomic E-state index is 12.4. The Balaban J connectivity index is 1.81. The van der Waals surface area contributed by atoms with Crippen LogP contribution in [0.4, 0.5) is 0 Å². The molecule has 1 amide bonds. The molecule has 0 spiro atoms. The number of piperidine rings is 1. The van der Waals surface area contributed by atoms with Gasteiger partial charge in [-0.05, 0) is 37.5 Å². The van der Waals surface area contributed by atoms with Crippen LogP contribution < -0.4 is 0 Å². The topological polar surface area (TPSA) is 61.4 Å². The van der Waals surface area contributed by atoms with Crippen molar-refractivity contribution in [3.63, 3.8) is 0 Å². The molecule has 0 aromatic carbocycles. The normalized spacial score (nSPS) is 16.3. The molecule has 2 aromatic heterocycles. The predicted octanol–water partition coefficient (Wildman–Crippen LogP) is 2.02. The van der Waals surface area contributed by atoms with Gasteiger partial charge in [0.1, 0.15) is 11.3 Å². The van der Waals surface area contributed by atoms with E-state index in [2.05, 4.69) is 11.1 Å². The van der Waals surface area contributed by atoms with Crippen LogP contribution in [0.1, 0.15) is 28.9 Å². The van der Waals surface area contributed by atoms with E-state index in [9.17, 15) is 4.79 Å². The molecule has 102 valence electrons. The van der Waals surface area contributed by atoms with Crippen LogP contribution in [0.3, 0.4) is 0 Å². The molecular weight excluding hydrogens is 252 g/mol. The molecule has 3 rings (SSSR count). The van der Waals surface area contributed by atoms with Gasteiger partial charge in [0.05, 0.1) is 6.07 Å². The summed E-state index contributed by atoms with van der Waals surface area (Å²) in [5.41, 5.74) is 2.39. The van der Waals surface area contributed by atoms with E-state index in [0.717, 1.165) is 24.1 Å². The summed E-state index contributed by atoms with van der Waals surface area (Å²) in [6.45, 7) is 3.29. The second-order valence-electron chi connectivity index (χ2n) is 5.29. The van der Waals surface area contributed by atoms with Crippen LogP contribution >= 0.6 is 0 Å². The smallest absolute Gasteiger partial charge is 0.274 e. The molecule has 0 N–H and O–H groups in total. The highest BCUT2D eigenvalue weighted by atomic mass is 16.2. The number of aromatic nitrogens is 2. The number of carbonyl (C=O) groups excluding carboxylic acids is 1. The lowest BCUT2D eigenvalue weighted by molar-refractivity contribution is 0.0702. The number of imidazole rings is 1. The molecule has 0 atom stereocenters. The van der Waals surface area contributed by atoms with Crippen molar-refractivity contribution in [1.29, 1.82) is 5.26 Å². The summed E-state index contributed by atoms with van der Waals surface area (Å²) < 4.78 is 1.86. The van der Waals surface area contributed by atoms with Crippen LogP contribution in [-0.2, 0) is 0 Å². The molecule has 0 unspecified atom stereocenters. The van der Waals surface area contributed by atoms with Gasteiger partial charge in [0.15, 0.2) is 0 Å². The van der Waals surface area contributed by atoms with Gasteiger partial charge < -0.3 is 9.30 Å². The first kappa shape index (κ1) is 12.7. The van der Waals surface area contributed by atoms with Gasteiger partial charge in [-0.1, -0.05) is 0 Å². The standard InChI is InChI=1S/C15H16N4O/c1-11-2-5-19-10-13(17-14(19)8-11)15(20)18-6-3-12(9-16)4-7-18/h2,5,8,10,12H,3-4,6-7H2,1H3. The zero-order valence-electron chi connectivity index (χ0n) is 11.4. The molecule has 2 aromatic rings. The van der Waals surface area contributed by atoms with E-state index in [1.54, 1.807) is 11.1 Å². The number of amides is 1. The molecule has 0 bridgehead atoms. The Hall–Kier alpha value is -2.35. The molecule has 3 heterocycles. The molecule has 5 nitrogen and oxygen atoms in total. The summed E-state index contributed by atoms with van der Waals surface area (Å²) in [7, 11) is 0. The third-order valence-corrected chi connectivity index (χ3v) is 3.80. The van der Waals surface area contributed by atoms with Crippen molar-refractivity contribution in [3.05, 3.63) is 35.8 Å². The van der Waals surface area contributed by atoms with E-state index < -0.39 is 0 Å². The van der Waals surface area contributed by atoms with Gasteiger partial charge in [-0.25, -0.2) is 4.98 Å². The number of nitriles is 1. The monoisotopic (exact) mass is 268 g/mol. The first-order valence-electron chi connectivity index (χ1n) is 6.81. The Bertz CT molecular complexity index is 689. The van der Waals surface area contributed by atoms with Gasteiger partial charge in [-0.3, -0.25) is 4.79 Å². The van der Waals surface area contributed by atoms with Gasteiger partial charge in [0, 0.05) is 31.4 Å². The largest absolute Gasteiger partial charge is 0.337 e. The van der Waals surface area contributed by atoms with Crippen molar-refractivity contribution >= 4 is 11.6 Å². The summed E-state index contributed by atoms with van der Waals surface area (Å²) in [4.78, 5) is 18.6. The molecule has 1 aliphatic rings. The Morgan fingerprint density at radius 3 is 2.90 bits per heavy atom. The van der Waals surface area contributed by atoms with Crippen LogP contribution in [-0.4, -0.2) is 33.3 Å².